The molecule has 0 aliphatic rings. The monoisotopic (exact) mass is 315 g/mol. The third-order valence-corrected chi connectivity index (χ3v) is 3.56. The third kappa shape index (κ3) is 5.14. The molecular weight excluding hydrogens is 298 g/mol. The number of carbonyl (C=O) groups is 2. The number of nitrogens with one attached hydrogen (secondary N) is 3. The molecule has 3 amide bonds. The predicted molar refractivity (Wildman–Crippen MR) is 90.3 cm³/mol. The Labute approximate surface area is 133 Å². The van der Waals surface area contributed by atoms with Crippen LogP contribution in [0.5, 0.6) is 0 Å². The van der Waals surface area contributed by atoms with E-state index in [1.165, 1.54) is 0 Å². The van der Waals surface area contributed by atoms with E-state index in [1.807, 2.05) is 48.7 Å². The lowest BCUT2D eigenvalue weighted by atomic mass is 10.3. The van der Waals surface area contributed by atoms with Crippen LogP contribution in [0, 0.1) is 0 Å². The number of thioether (sulfide) groups is 1. The fourth-order valence-electron chi connectivity index (χ4n) is 1.74. The molecule has 5 nitrogen and oxygen atoms in total. The van der Waals surface area contributed by atoms with Gasteiger partial charge in [-0.05, 0) is 42.7 Å². The largest absolute Gasteiger partial charge is 0.329 e. The van der Waals surface area contributed by atoms with Gasteiger partial charge < -0.3 is 16.0 Å². The number of hydrogen-bond donors (Lipinski definition) is 3. The molecule has 0 aliphatic carbocycles. The maximum absolute atomic E-state index is 11.8. The normalized spacial score (nSPS) is 9.86. The van der Waals surface area contributed by atoms with E-state index in [1.54, 1.807) is 23.9 Å². The summed E-state index contributed by atoms with van der Waals surface area (Å²) in [7, 11) is 0. The first-order valence-corrected chi connectivity index (χ1v) is 7.93. The lowest BCUT2D eigenvalue weighted by Gasteiger charge is -2.08. The number of hydrogen-bond acceptors (Lipinski definition) is 3. The molecule has 3 N–H and O–H groups in total. The van der Waals surface area contributed by atoms with E-state index in [4.69, 9.17) is 0 Å². The molecule has 0 unspecified atom stereocenters. The molecule has 0 atom stereocenters. The molecule has 0 bridgehead atoms. The van der Waals surface area contributed by atoms with Crippen LogP contribution in [0.25, 0.3) is 0 Å². The van der Waals surface area contributed by atoms with E-state index < -0.39 is 6.03 Å². The minimum absolute atomic E-state index is 0.0943. The summed E-state index contributed by atoms with van der Waals surface area (Å²) < 4.78 is 0. The van der Waals surface area contributed by atoms with Crippen LogP contribution < -0.4 is 16.0 Å². The standard InChI is InChI=1S/C16H17N3O2S/c1-22-14-9-7-13(8-10-14)18-15(20)11-17-16(21)19-12-5-3-2-4-6-12/h2-10H,11H2,1H3,(H,18,20)(H2,17,19,21). The number of anilines is 2. The zero-order valence-electron chi connectivity index (χ0n) is 12.1. The highest BCUT2D eigenvalue weighted by molar-refractivity contribution is 7.98. The highest BCUT2D eigenvalue weighted by Crippen LogP contribution is 2.17. The molecular formula is C16H17N3O2S. The second-order valence-electron chi connectivity index (χ2n) is 4.45. The minimum Gasteiger partial charge on any atom is -0.329 e. The maximum atomic E-state index is 11.8. The number of urea groups is 1. The summed E-state index contributed by atoms with van der Waals surface area (Å²) in [5, 5.41) is 7.87. The number of amides is 3. The van der Waals surface area contributed by atoms with Crippen molar-refractivity contribution in [3.63, 3.8) is 0 Å². The van der Waals surface area contributed by atoms with Crippen molar-refractivity contribution in [2.75, 3.05) is 23.4 Å². The molecule has 2 aromatic carbocycles. The van der Waals surface area contributed by atoms with Crippen LogP contribution in [0.15, 0.2) is 59.5 Å². The average molecular weight is 315 g/mol. The third-order valence-electron chi connectivity index (χ3n) is 2.81. The van der Waals surface area contributed by atoms with Gasteiger partial charge in [0.2, 0.25) is 5.91 Å². The van der Waals surface area contributed by atoms with Crippen LogP contribution in [-0.2, 0) is 4.79 Å². The molecule has 0 aromatic heterocycles. The van der Waals surface area contributed by atoms with Crippen molar-refractivity contribution in [2.24, 2.45) is 0 Å². The topological polar surface area (TPSA) is 70.2 Å². The summed E-state index contributed by atoms with van der Waals surface area (Å²) in [6, 6.07) is 16.1. The Morgan fingerprint density at radius 2 is 1.55 bits per heavy atom. The van der Waals surface area contributed by atoms with Crippen molar-refractivity contribution in [3.05, 3.63) is 54.6 Å². The smallest absolute Gasteiger partial charge is 0.319 e. The SMILES string of the molecule is CSc1ccc(NC(=O)CNC(=O)Nc2ccccc2)cc1. The van der Waals surface area contributed by atoms with Crippen LogP contribution in [0.2, 0.25) is 0 Å². The van der Waals surface area contributed by atoms with Crippen LogP contribution in [0.4, 0.5) is 16.2 Å². The van der Waals surface area contributed by atoms with Crippen molar-refractivity contribution >= 4 is 35.1 Å². The lowest BCUT2D eigenvalue weighted by molar-refractivity contribution is -0.115. The van der Waals surface area contributed by atoms with Crippen LogP contribution in [0.3, 0.4) is 0 Å². The number of rotatable bonds is 5. The molecule has 114 valence electrons. The first-order valence-electron chi connectivity index (χ1n) is 6.71. The Bertz CT molecular complexity index is 630. The zero-order chi connectivity index (χ0) is 15.8. The highest BCUT2D eigenvalue weighted by Gasteiger charge is 2.06. The van der Waals surface area contributed by atoms with E-state index in [0.717, 1.165) is 4.90 Å². The predicted octanol–water partition coefficient (Wildman–Crippen LogP) is 3.17. The number of benzene rings is 2. The molecule has 0 heterocycles. The molecule has 6 heteroatoms. The van der Waals surface area contributed by atoms with Gasteiger partial charge in [-0.1, -0.05) is 18.2 Å². The Kier molecular flexibility index (Phi) is 5.85. The van der Waals surface area contributed by atoms with Crippen molar-refractivity contribution in [1.82, 2.24) is 5.32 Å². The molecule has 2 rings (SSSR count). The highest BCUT2D eigenvalue weighted by atomic mass is 32.2. The quantitative estimate of drug-likeness (QED) is 0.742. The Hall–Kier alpha value is -2.47. The van der Waals surface area contributed by atoms with Crippen molar-refractivity contribution in [3.8, 4) is 0 Å². The van der Waals surface area contributed by atoms with Gasteiger partial charge in [-0.25, -0.2) is 4.79 Å². The fraction of sp³-hybridized carbons (Fsp3) is 0.125. The minimum atomic E-state index is -0.418. The van der Waals surface area contributed by atoms with Gasteiger partial charge in [0.25, 0.3) is 0 Å². The number of carbonyl (C=O) groups excluding carboxylic acids is 2. The van der Waals surface area contributed by atoms with Gasteiger partial charge in [0.15, 0.2) is 0 Å². The van der Waals surface area contributed by atoms with Crippen molar-refractivity contribution < 1.29 is 9.59 Å². The first kappa shape index (κ1) is 15.9. The Balaban J connectivity index is 1.76. The molecule has 0 fully saturated rings. The summed E-state index contributed by atoms with van der Waals surface area (Å²) in [4.78, 5) is 24.5. The summed E-state index contributed by atoms with van der Waals surface area (Å²) in [5.74, 6) is -0.278. The average Bonchev–Trinajstić information content (AvgIpc) is 2.55. The van der Waals surface area contributed by atoms with Crippen molar-refractivity contribution in [2.45, 2.75) is 4.90 Å². The van der Waals surface area contributed by atoms with Gasteiger partial charge >= 0.3 is 6.03 Å². The van der Waals surface area contributed by atoms with Gasteiger partial charge in [-0.2, -0.15) is 0 Å². The summed E-state index contributed by atoms with van der Waals surface area (Å²) in [6.07, 6.45) is 1.99. The lowest BCUT2D eigenvalue weighted by Crippen LogP contribution is -2.35. The fourth-order valence-corrected chi connectivity index (χ4v) is 2.15. The summed E-state index contributed by atoms with van der Waals surface area (Å²) in [5.41, 5.74) is 1.38. The van der Waals surface area contributed by atoms with Crippen LogP contribution >= 0.6 is 11.8 Å². The van der Waals surface area contributed by atoms with Crippen molar-refractivity contribution in [1.29, 1.82) is 0 Å². The number of para-hydroxylation sites is 1. The van der Waals surface area contributed by atoms with Gasteiger partial charge in [-0.15, -0.1) is 11.8 Å². The molecule has 0 saturated heterocycles. The van der Waals surface area contributed by atoms with E-state index in [0.29, 0.717) is 11.4 Å². The molecule has 2 aromatic rings. The van der Waals surface area contributed by atoms with Gasteiger partial charge in [0.1, 0.15) is 0 Å². The second kappa shape index (κ2) is 8.09. The molecule has 0 radical (unpaired) electrons. The van der Waals surface area contributed by atoms with Crippen LogP contribution in [-0.4, -0.2) is 24.7 Å². The Morgan fingerprint density at radius 3 is 2.18 bits per heavy atom. The van der Waals surface area contributed by atoms with Gasteiger partial charge in [-0.3, -0.25) is 4.79 Å². The van der Waals surface area contributed by atoms with E-state index in [9.17, 15) is 9.59 Å². The van der Waals surface area contributed by atoms with E-state index in [-0.39, 0.29) is 12.5 Å². The van der Waals surface area contributed by atoms with Gasteiger partial charge in [0, 0.05) is 16.3 Å². The maximum Gasteiger partial charge on any atom is 0.319 e. The van der Waals surface area contributed by atoms with Crippen LogP contribution in [0.1, 0.15) is 0 Å². The summed E-state index contributed by atoms with van der Waals surface area (Å²) in [6.45, 7) is -0.0943. The second-order valence-corrected chi connectivity index (χ2v) is 5.33. The van der Waals surface area contributed by atoms with E-state index in [2.05, 4.69) is 16.0 Å². The molecule has 0 saturated carbocycles. The Morgan fingerprint density at radius 1 is 0.909 bits per heavy atom. The zero-order valence-corrected chi connectivity index (χ0v) is 12.9. The molecule has 0 spiro atoms. The summed E-state index contributed by atoms with van der Waals surface area (Å²) >= 11 is 1.63. The first-order chi connectivity index (χ1) is 10.7. The molecule has 22 heavy (non-hydrogen) atoms. The van der Waals surface area contributed by atoms with Gasteiger partial charge in [0.05, 0.1) is 6.54 Å². The molecule has 0 aliphatic heterocycles. The van der Waals surface area contributed by atoms with E-state index >= 15 is 0 Å².